The molecule has 0 bridgehead atoms. The van der Waals surface area contributed by atoms with Crippen LogP contribution in [0, 0.1) is 5.92 Å². The molecule has 3 aromatic heterocycles. The fourth-order valence-corrected chi connectivity index (χ4v) is 4.39. The molecule has 152 valence electrons. The first-order valence-corrected chi connectivity index (χ1v) is 10.5. The summed E-state index contributed by atoms with van der Waals surface area (Å²) in [6.45, 7) is 4.17. The Hall–Kier alpha value is -3.41. The number of hydrogen-bond donors (Lipinski definition) is 0. The van der Waals surface area contributed by atoms with Crippen molar-refractivity contribution in [2.45, 2.75) is 26.3 Å². The van der Waals surface area contributed by atoms with Crippen molar-refractivity contribution >= 4 is 22.6 Å². The molecule has 1 amide bonds. The van der Waals surface area contributed by atoms with Gasteiger partial charge in [-0.1, -0.05) is 43.3 Å². The number of piperidine rings is 1. The molecule has 1 aliphatic rings. The summed E-state index contributed by atoms with van der Waals surface area (Å²) in [5, 5.41) is 0.475. The second kappa shape index (κ2) is 7.44. The van der Waals surface area contributed by atoms with Crippen molar-refractivity contribution in [3.8, 4) is 0 Å². The predicted octanol–water partition coefficient (Wildman–Crippen LogP) is 3.57. The number of nitrogens with zero attached hydrogens (tertiary/aromatic N) is 4. The molecule has 5 rings (SSSR count). The third kappa shape index (κ3) is 3.18. The minimum atomic E-state index is -0.150. The van der Waals surface area contributed by atoms with E-state index in [1.807, 2.05) is 58.0 Å². The Morgan fingerprint density at radius 1 is 1.13 bits per heavy atom. The lowest BCUT2D eigenvalue weighted by molar-refractivity contribution is 0.0673. The van der Waals surface area contributed by atoms with E-state index in [9.17, 15) is 9.59 Å². The number of carbonyl (C=O) groups is 1. The van der Waals surface area contributed by atoms with Crippen LogP contribution in [0.2, 0.25) is 0 Å². The van der Waals surface area contributed by atoms with Crippen molar-refractivity contribution < 1.29 is 4.79 Å². The van der Waals surface area contributed by atoms with Crippen LogP contribution in [-0.4, -0.2) is 37.8 Å². The molecule has 1 fully saturated rings. The molecule has 4 aromatic rings. The van der Waals surface area contributed by atoms with Crippen LogP contribution in [0.1, 0.15) is 35.8 Å². The second-order valence-corrected chi connectivity index (χ2v) is 8.18. The first-order chi connectivity index (χ1) is 14.6. The van der Waals surface area contributed by atoms with Gasteiger partial charge >= 0.3 is 0 Å². The van der Waals surface area contributed by atoms with Crippen molar-refractivity contribution in [3.63, 3.8) is 0 Å². The van der Waals surface area contributed by atoms with Crippen molar-refractivity contribution in [1.82, 2.24) is 18.9 Å². The molecule has 0 saturated carbocycles. The largest absolute Gasteiger partial charge is 0.337 e. The maximum absolute atomic E-state index is 13.5. The molecule has 0 radical (unpaired) electrons. The van der Waals surface area contributed by atoms with Crippen LogP contribution in [0.15, 0.2) is 65.6 Å². The summed E-state index contributed by atoms with van der Waals surface area (Å²) in [6.07, 6.45) is 3.87. The molecule has 4 heterocycles. The van der Waals surface area contributed by atoms with Gasteiger partial charge < -0.3 is 9.47 Å². The monoisotopic (exact) mass is 400 g/mol. The third-order valence-corrected chi connectivity index (χ3v) is 5.92. The lowest BCUT2D eigenvalue weighted by atomic mass is 10.00. The molecular formula is C24H24N4O2. The summed E-state index contributed by atoms with van der Waals surface area (Å²) < 4.78 is 3.44. The Kier molecular flexibility index (Phi) is 4.62. The number of hydrogen-bond acceptors (Lipinski definition) is 3. The maximum atomic E-state index is 13.5. The minimum Gasteiger partial charge on any atom is -0.337 e. The van der Waals surface area contributed by atoms with E-state index in [0.717, 1.165) is 31.5 Å². The van der Waals surface area contributed by atoms with Crippen molar-refractivity contribution in [1.29, 1.82) is 0 Å². The van der Waals surface area contributed by atoms with Crippen LogP contribution in [0.3, 0.4) is 0 Å². The van der Waals surface area contributed by atoms with Crippen LogP contribution in [0.4, 0.5) is 0 Å². The number of benzene rings is 1. The topological polar surface area (TPSA) is 59.6 Å². The smallest absolute Gasteiger partial charge is 0.270 e. The first-order valence-electron chi connectivity index (χ1n) is 10.5. The Balaban J connectivity index is 1.71. The van der Waals surface area contributed by atoms with Gasteiger partial charge in [0.15, 0.2) is 0 Å². The summed E-state index contributed by atoms with van der Waals surface area (Å²) in [5.74, 6) is 0.463. The Bertz CT molecular complexity index is 1290. The molecule has 1 aliphatic heterocycles. The van der Waals surface area contributed by atoms with Gasteiger partial charge in [0.05, 0.1) is 5.39 Å². The first kappa shape index (κ1) is 18.6. The van der Waals surface area contributed by atoms with Crippen LogP contribution in [0.25, 0.3) is 16.7 Å². The molecule has 30 heavy (non-hydrogen) atoms. The predicted molar refractivity (Wildman–Crippen MR) is 117 cm³/mol. The van der Waals surface area contributed by atoms with Crippen LogP contribution in [-0.2, 0) is 6.54 Å². The molecule has 1 saturated heterocycles. The average Bonchev–Trinajstić information content (AvgIpc) is 3.12. The highest BCUT2D eigenvalue weighted by atomic mass is 16.2. The summed E-state index contributed by atoms with van der Waals surface area (Å²) in [5.41, 5.74) is 2.58. The van der Waals surface area contributed by atoms with E-state index in [1.165, 1.54) is 4.40 Å². The van der Waals surface area contributed by atoms with E-state index < -0.39 is 0 Å². The number of fused-ring (bicyclic) bond motifs is 2. The van der Waals surface area contributed by atoms with Gasteiger partial charge in [-0.05, 0) is 42.5 Å². The number of rotatable bonds is 3. The second-order valence-electron chi connectivity index (χ2n) is 8.18. The number of likely N-dealkylation sites (tertiary alicyclic amines) is 1. The lowest BCUT2D eigenvalue weighted by Crippen LogP contribution is -2.40. The summed E-state index contributed by atoms with van der Waals surface area (Å²) in [7, 11) is 0. The van der Waals surface area contributed by atoms with Crippen LogP contribution < -0.4 is 5.56 Å². The van der Waals surface area contributed by atoms with Crippen LogP contribution in [0.5, 0.6) is 0 Å². The molecular weight excluding hydrogens is 376 g/mol. The van der Waals surface area contributed by atoms with E-state index in [2.05, 4.69) is 6.92 Å². The summed E-state index contributed by atoms with van der Waals surface area (Å²) >= 11 is 0. The normalized spacial score (nSPS) is 17.0. The Labute approximate surface area is 174 Å². The summed E-state index contributed by atoms with van der Waals surface area (Å²) in [4.78, 5) is 33.3. The van der Waals surface area contributed by atoms with Gasteiger partial charge in [0, 0.05) is 25.8 Å². The van der Waals surface area contributed by atoms with Crippen molar-refractivity contribution in [2.24, 2.45) is 5.92 Å². The zero-order valence-electron chi connectivity index (χ0n) is 17.0. The fourth-order valence-electron chi connectivity index (χ4n) is 4.39. The van der Waals surface area contributed by atoms with Gasteiger partial charge in [-0.3, -0.25) is 14.0 Å². The number of amides is 1. The highest BCUT2D eigenvalue weighted by Crippen LogP contribution is 2.23. The zero-order chi connectivity index (χ0) is 20.7. The van der Waals surface area contributed by atoms with E-state index in [-0.39, 0.29) is 11.5 Å². The molecule has 6 heteroatoms. The van der Waals surface area contributed by atoms with E-state index in [0.29, 0.717) is 34.8 Å². The number of aromatic nitrogens is 3. The SMILES string of the molecule is C[C@H]1CCCN(C(=O)c2cc3c(=O)n4ccccc4nc3n2Cc2ccccc2)C1. The average molecular weight is 400 g/mol. The standard InChI is InChI=1S/C24H24N4O2/c1-17-8-7-12-26(15-17)24(30)20-14-19-22(28(20)16-18-9-3-2-4-10-18)25-21-11-5-6-13-27(21)23(19)29/h2-6,9-11,13-14,17H,7-8,12,15-16H2,1H3/t17-/m0/s1. The molecule has 1 atom stereocenters. The van der Waals surface area contributed by atoms with Gasteiger partial charge in [-0.15, -0.1) is 0 Å². The van der Waals surface area contributed by atoms with Crippen molar-refractivity contribution in [2.75, 3.05) is 13.1 Å². The molecule has 6 nitrogen and oxygen atoms in total. The molecule has 0 aliphatic carbocycles. The third-order valence-electron chi connectivity index (χ3n) is 5.92. The van der Waals surface area contributed by atoms with Gasteiger partial charge in [0.1, 0.15) is 17.0 Å². The van der Waals surface area contributed by atoms with E-state index >= 15 is 0 Å². The minimum absolute atomic E-state index is 0.0241. The maximum Gasteiger partial charge on any atom is 0.270 e. The number of carbonyl (C=O) groups excluding carboxylic acids is 1. The van der Waals surface area contributed by atoms with Gasteiger partial charge in [-0.2, -0.15) is 0 Å². The summed E-state index contributed by atoms with van der Waals surface area (Å²) in [6, 6.07) is 17.2. The molecule has 1 aromatic carbocycles. The highest BCUT2D eigenvalue weighted by molar-refractivity contribution is 5.98. The molecule has 0 N–H and O–H groups in total. The number of pyridine rings is 1. The molecule has 0 unspecified atom stereocenters. The highest BCUT2D eigenvalue weighted by Gasteiger charge is 2.27. The fraction of sp³-hybridized carbons (Fsp3) is 0.292. The van der Waals surface area contributed by atoms with E-state index in [4.69, 9.17) is 4.98 Å². The van der Waals surface area contributed by atoms with E-state index in [1.54, 1.807) is 12.3 Å². The Morgan fingerprint density at radius 2 is 1.93 bits per heavy atom. The van der Waals surface area contributed by atoms with Crippen molar-refractivity contribution in [3.05, 3.63) is 82.4 Å². The Morgan fingerprint density at radius 3 is 2.73 bits per heavy atom. The van der Waals surface area contributed by atoms with Gasteiger partial charge in [0.2, 0.25) is 0 Å². The molecule has 0 spiro atoms. The van der Waals surface area contributed by atoms with Gasteiger partial charge in [-0.25, -0.2) is 4.98 Å². The quantitative estimate of drug-likeness (QED) is 0.528. The van der Waals surface area contributed by atoms with Gasteiger partial charge in [0.25, 0.3) is 11.5 Å². The zero-order valence-corrected chi connectivity index (χ0v) is 17.0. The lowest BCUT2D eigenvalue weighted by Gasteiger charge is -2.31. The van der Waals surface area contributed by atoms with Crippen LogP contribution >= 0.6 is 0 Å².